The molecular weight excluding hydrogens is 685 g/mol. The molecule has 0 bridgehead atoms. The first-order chi connectivity index (χ1) is 27.6. The number of rotatable bonds is 0. The largest absolute Gasteiger partial charge is 0.294 e. The summed E-state index contributed by atoms with van der Waals surface area (Å²) < 4.78 is 0. The Labute approximate surface area is 338 Å². The van der Waals surface area contributed by atoms with Gasteiger partial charge in [0.2, 0.25) is 0 Å². The van der Waals surface area contributed by atoms with Gasteiger partial charge in [0.05, 0.1) is 0 Å². The third-order valence-corrected chi connectivity index (χ3v) is 8.41. The Balaban J connectivity index is 0.000000370. The molecule has 6 aromatic rings. The van der Waals surface area contributed by atoms with Crippen LogP contribution >= 0.6 is 0 Å². The van der Waals surface area contributed by atoms with Gasteiger partial charge in [-0.05, 0) is 44.5 Å². The quantitative estimate of drug-likeness (QED) is 0.155. The smallest absolute Gasteiger partial charge is 0.194 e. The standard InChI is InChI=1S/2C14H10O.C13H8O.6C2H6/c2*15-14-9-10-5-1-2-6-11(10)12-7-3-4-8-13(12)14;14-13-11-7-3-1-5-9(11)10-6-2-4-8-12(10)13;6*1-2/h2*1-8H,9H2;1-8H;6*1-2H3. The number of carbonyl (C=O) groups excluding carboxylic acids is 3. The fourth-order valence-electron chi connectivity index (χ4n) is 6.31. The van der Waals surface area contributed by atoms with Gasteiger partial charge < -0.3 is 0 Å². The van der Waals surface area contributed by atoms with Crippen LogP contribution in [0.1, 0.15) is 131 Å². The van der Waals surface area contributed by atoms with Gasteiger partial charge in [-0.15, -0.1) is 0 Å². The minimum Gasteiger partial charge on any atom is -0.294 e. The fourth-order valence-corrected chi connectivity index (χ4v) is 6.31. The van der Waals surface area contributed by atoms with E-state index in [-0.39, 0.29) is 17.3 Å². The lowest BCUT2D eigenvalue weighted by Gasteiger charge is -2.18. The summed E-state index contributed by atoms with van der Waals surface area (Å²) in [6.07, 6.45) is 1.07. The second-order valence-corrected chi connectivity index (χ2v) is 11.0. The van der Waals surface area contributed by atoms with E-state index in [1.165, 1.54) is 11.1 Å². The van der Waals surface area contributed by atoms with Crippen molar-refractivity contribution in [3.05, 3.63) is 179 Å². The molecule has 0 spiro atoms. The van der Waals surface area contributed by atoms with Crippen molar-refractivity contribution in [2.75, 3.05) is 0 Å². The van der Waals surface area contributed by atoms with Gasteiger partial charge in [0, 0.05) is 35.1 Å². The van der Waals surface area contributed by atoms with Crippen molar-refractivity contribution in [1.29, 1.82) is 0 Å². The fraction of sp³-hybridized carbons (Fsp3) is 0.264. The van der Waals surface area contributed by atoms with Crippen LogP contribution in [0, 0.1) is 0 Å². The molecule has 0 saturated carbocycles. The summed E-state index contributed by atoms with van der Waals surface area (Å²) in [5.41, 5.74) is 12.3. The Morgan fingerprint density at radius 1 is 0.250 bits per heavy atom. The Morgan fingerprint density at radius 2 is 0.446 bits per heavy atom. The highest BCUT2D eigenvalue weighted by atomic mass is 16.1. The van der Waals surface area contributed by atoms with E-state index in [1.807, 2.05) is 217 Å². The van der Waals surface area contributed by atoms with Gasteiger partial charge >= 0.3 is 0 Å². The lowest BCUT2D eigenvalue weighted by molar-refractivity contribution is 0.0983. The van der Waals surface area contributed by atoms with Gasteiger partial charge in [0.25, 0.3) is 0 Å². The highest BCUT2D eigenvalue weighted by molar-refractivity contribution is 6.21. The second-order valence-electron chi connectivity index (χ2n) is 11.0. The topological polar surface area (TPSA) is 51.2 Å². The van der Waals surface area contributed by atoms with E-state index in [1.54, 1.807) is 0 Å². The summed E-state index contributed by atoms with van der Waals surface area (Å²) >= 11 is 0. The van der Waals surface area contributed by atoms with Crippen molar-refractivity contribution in [3.8, 4) is 33.4 Å². The van der Waals surface area contributed by atoms with Crippen LogP contribution in [0.5, 0.6) is 0 Å². The van der Waals surface area contributed by atoms with Crippen LogP contribution in [0.4, 0.5) is 0 Å². The molecule has 56 heavy (non-hydrogen) atoms. The molecule has 0 amide bonds. The van der Waals surface area contributed by atoms with Gasteiger partial charge in [0.1, 0.15) is 0 Å². The maximum atomic E-state index is 11.9. The van der Waals surface area contributed by atoms with Crippen molar-refractivity contribution in [2.24, 2.45) is 0 Å². The Morgan fingerprint density at radius 3 is 0.732 bits per heavy atom. The van der Waals surface area contributed by atoms with Crippen LogP contribution in [0.3, 0.4) is 0 Å². The van der Waals surface area contributed by atoms with Crippen molar-refractivity contribution in [1.82, 2.24) is 0 Å². The first kappa shape index (κ1) is 48.3. The minimum atomic E-state index is 0.149. The molecule has 0 fully saturated rings. The lowest BCUT2D eigenvalue weighted by Crippen LogP contribution is -2.11. The SMILES string of the molecule is CC.CC.CC.CC.CC.CC.O=C1Cc2ccccc2-c2ccccc21.O=C1Cc2ccccc2-c2ccccc21.O=C1c2ccccc2-c2ccccc21. The monoisotopic (exact) mass is 748 g/mol. The zero-order chi connectivity index (χ0) is 42.0. The Hall–Kier alpha value is -5.67. The zero-order valence-electron chi connectivity index (χ0n) is 36.0. The number of ketones is 3. The minimum absolute atomic E-state index is 0.149. The molecule has 3 aliphatic carbocycles. The van der Waals surface area contributed by atoms with Crippen LogP contribution in [-0.2, 0) is 12.8 Å². The summed E-state index contributed by atoms with van der Waals surface area (Å²) in [5, 5.41) is 0. The predicted molar refractivity (Wildman–Crippen MR) is 243 cm³/mol. The van der Waals surface area contributed by atoms with E-state index in [0.29, 0.717) is 12.8 Å². The molecule has 3 heteroatoms. The van der Waals surface area contributed by atoms with Gasteiger partial charge in [-0.3, -0.25) is 14.4 Å². The summed E-state index contributed by atoms with van der Waals surface area (Å²) in [7, 11) is 0. The number of fused-ring (bicyclic) bond motifs is 9. The first-order valence-electron chi connectivity index (χ1n) is 20.7. The second kappa shape index (κ2) is 27.0. The van der Waals surface area contributed by atoms with Crippen molar-refractivity contribution in [3.63, 3.8) is 0 Å². The summed E-state index contributed by atoms with van der Waals surface area (Å²) in [6, 6.07) is 47.4. The molecule has 294 valence electrons. The van der Waals surface area contributed by atoms with E-state index in [0.717, 1.165) is 55.6 Å². The molecule has 0 N–H and O–H groups in total. The molecule has 0 radical (unpaired) electrons. The number of benzene rings is 6. The van der Waals surface area contributed by atoms with E-state index in [2.05, 4.69) is 12.1 Å². The van der Waals surface area contributed by atoms with E-state index in [9.17, 15) is 14.4 Å². The molecule has 0 atom stereocenters. The van der Waals surface area contributed by atoms with Crippen molar-refractivity contribution < 1.29 is 14.4 Å². The van der Waals surface area contributed by atoms with Crippen LogP contribution in [0.25, 0.3) is 33.4 Å². The summed E-state index contributed by atoms with van der Waals surface area (Å²) in [4.78, 5) is 35.6. The normalized spacial score (nSPS) is 10.8. The molecule has 3 aliphatic rings. The maximum absolute atomic E-state index is 11.9. The molecule has 6 aromatic carbocycles. The van der Waals surface area contributed by atoms with Crippen LogP contribution in [0.2, 0.25) is 0 Å². The van der Waals surface area contributed by atoms with Gasteiger partial charge in [-0.25, -0.2) is 0 Å². The Kier molecular flexibility index (Phi) is 23.3. The Bertz CT molecular complexity index is 1940. The molecule has 0 aromatic heterocycles. The van der Waals surface area contributed by atoms with Crippen LogP contribution in [-0.4, -0.2) is 17.3 Å². The van der Waals surface area contributed by atoms with E-state index >= 15 is 0 Å². The molecule has 9 rings (SSSR count). The number of carbonyl (C=O) groups is 3. The summed E-state index contributed by atoms with van der Waals surface area (Å²) in [5.74, 6) is 0.602. The number of hydrogen-bond donors (Lipinski definition) is 0. The van der Waals surface area contributed by atoms with E-state index in [4.69, 9.17) is 0 Å². The average Bonchev–Trinajstić information content (AvgIpc) is 3.59. The molecular formula is C53H64O3. The molecule has 0 aliphatic heterocycles. The number of Topliss-reactive ketones (excluding diaryl/α,β-unsaturated/α-hetero) is 2. The van der Waals surface area contributed by atoms with Gasteiger partial charge in [-0.1, -0.05) is 229 Å². The molecule has 0 unspecified atom stereocenters. The number of hydrogen-bond acceptors (Lipinski definition) is 3. The van der Waals surface area contributed by atoms with E-state index < -0.39 is 0 Å². The van der Waals surface area contributed by atoms with Crippen molar-refractivity contribution >= 4 is 17.3 Å². The average molecular weight is 749 g/mol. The maximum Gasteiger partial charge on any atom is 0.194 e. The molecule has 0 heterocycles. The third kappa shape index (κ3) is 11.7. The molecule has 3 nitrogen and oxygen atoms in total. The van der Waals surface area contributed by atoms with Crippen LogP contribution in [0.15, 0.2) is 146 Å². The predicted octanol–water partition coefficient (Wildman–Crippen LogP) is 15.2. The van der Waals surface area contributed by atoms with Gasteiger partial charge in [0.15, 0.2) is 17.3 Å². The lowest BCUT2D eigenvalue weighted by atomic mass is 9.85. The van der Waals surface area contributed by atoms with Crippen LogP contribution < -0.4 is 0 Å². The highest BCUT2D eigenvalue weighted by Crippen LogP contribution is 2.36. The van der Waals surface area contributed by atoms with Crippen molar-refractivity contribution in [2.45, 2.75) is 95.9 Å². The summed E-state index contributed by atoms with van der Waals surface area (Å²) in [6.45, 7) is 24.0. The zero-order valence-corrected chi connectivity index (χ0v) is 36.0. The first-order valence-corrected chi connectivity index (χ1v) is 20.7. The third-order valence-electron chi connectivity index (χ3n) is 8.41. The van der Waals surface area contributed by atoms with Gasteiger partial charge in [-0.2, -0.15) is 0 Å². The molecule has 0 saturated heterocycles. The highest BCUT2D eigenvalue weighted by Gasteiger charge is 2.25.